The van der Waals surface area contributed by atoms with Gasteiger partial charge in [-0.1, -0.05) is 66.3 Å². The first-order valence-electron chi connectivity index (χ1n) is 11.2. The number of thiazole rings is 1. The molecule has 2 aliphatic rings. The van der Waals surface area contributed by atoms with Gasteiger partial charge in [-0.25, -0.2) is 9.79 Å². The topological polar surface area (TPSA) is 81.0 Å². The Balaban J connectivity index is 1.85. The van der Waals surface area contributed by atoms with Crippen molar-refractivity contribution >= 4 is 46.1 Å². The van der Waals surface area contributed by atoms with E-state index in [1.165, 1.54) is 11.7 Å². The second-order valence-electron chi connectivity index (χ2n) is 8.26. The summed E-state index contributed by atoms with van der Waals surface area (Å²) in [4.78, 5) is 47.0. The van der Waals surface area contributed by atoms with Crippen molar-refractivity contribution < 1.29 is 14.3 Å². The molecule has 2 aliphatic heterocycles. The van der Waals surface area contributed by atoms with Gasteiger partial charge in [-0.15, -0.1) is 0 Å². The molecule has 0 aliphatic carbocycles. The van der Waals surface area contributed by atoms with Crippen LogP contribution in [-0.2, 0) is 14.3 Å². The largest absolute Gasteiger partial charge is 0.466 e. The van der Waals surface area contributed by atoms with Crippen molar-refractivity contribution in [3.8, 4) is 0 Å². The lowest BCUT2D eigenvalue weighted by Crippen LogP contribution is -2.41. The van der Waals surface area contributed by atoms with E-state index >= 15 is 0 Å². The van der Waals surface area contributed by atoms with Crippen molar-refractivity contribution in [2.24, 2.45) is 4.99 Å². The molecule has 1 aromatic heterocycles. The van der Waals surface area contributed by atoms with Gasteiger partial charge in [0.2, 0.25) is 0 Å². The number of allylic oxidation sites excluding steroid dienone is 1. The zero-order valence-electron chi connectivity index (χ0n) is 19.4. The number of amides is 1. The third-order valence-electron chi connectivity index (χ3n) is 6.20. The maximum atomic E-state index is 14.0. The van der Waals surface area contributed by atoms with Crippen molar-refractivity contribution in [3.63, 3.8) is 0 Å². The Morgan fingerprint density at radius 2 is 1.86 bits per heavy atom. The standard InChI is InChI=1S/C26H22ClN3O4S/c1-4-13-29-18-12-8-6-10-16(18)20(23(29)31)22-24(32)30-21(15-9-5-7-11-17(15)27)19(25(33)34-3)14(2)28-26(30)35-22/h5-12,21H,4,13H2,1-3H3/b22-20-/t21-/m0/s1. The van der Waals surface area contributed by atoms with E-state index in [0.29, 0.717) is 33.2 Å². The fourth-order valence-electron chi connectivity index (χ4n) is 4.68. The molecule has 0 fully saturated rings. The minimum atomic E-state index is -0.833. The third kappa shape index (κ3) is 3.56. The van der Waals surface area contributed by atoms with E-state index in [-0.39, 0.29) is 16.0 Å². The quantitative estimate of drug-likeness (QED) is 0.508. The SMILES string of the molecule is CCCN1C(=O)/C(=c2\sc3n(c2=O)[C@@H](c2ccccc2Cl)C(C(=O)OC)=C(C)N=3)c2ccccc21. The van der Waals surface area contributed by atoms with Crippen molar-refractivity contribution in [2.45, 2.75) is 26.3 Å². The minimum absolute atomic E-state index is 0.212. The summed E-state index contributed by atoms with van der Waals surface area (Å²) in [7, 11) is 1.29. The molecule has 0 spiro atoms. The van der Waals surface area contributed by atoms with Crippen molar-refractivity contribution in [1.29, 1.82) is 0 Å². The molecule has 1 amide bonds. The fraction of sp³-hybridized carbons (Fsp3) is 0.231. The zero-order valence-corrected chi connectivity index (χ0v) is 20.9. The van der Waals surface area contributed by atoms with Gasteiger partial charge in [0.15, 0.2) is 4.80 Å². The maximum Gasteiger partial charge on any atom is 0.338 e. The van der Waals surface area contributed by atoms with Crippen LogP contribution in [0.2, 0.25) is 5.02 Å². The smallest absolute Gasteiger partial charge is 0.338 e. The monoisotopic (exact) mass is 507 g/mol. The number of benzene rings is 2. The normalized spacial score (nSPS) is 18.3. The molecule has 0 bridgehead atoms. The van der Waals surface area contributed by atoms with Crippen LogP contribution in [0.15, 0.2) is 69.6 Å². The number of carbonyl (C=O) groups excluding carboxylic acids is 2. The van der Waals surface area contributed by atoms with Crippen molar-refractivity contribution in [2.75, 3.05) is 18.6 Å². The van der Waals surface area contributed by atoms with Gasteiger partial charge in [-0.3, -0.25) is 14.2 Å². The average molecular weight is 508 g/mol. The lowest BCUT2D eigenvalue weighted by molar-refractivity contribution is -0.136. The lowest BCUT2D eigenvalue weighted by atomic mass is 9.96. The van der Waals surface area contributed by atoms with E-state index in [0.717, 1.165) is 29.0 Å². The van der Waals surface area contributed by atoms with Gasteiger partial charge in [0.05, 0.1) is 29.6 Å². The molecule has 35 heavy (non-hydrogen) atoms. The molecular formula is C26H22ClN3O4S. The Hall–Kier alpha value is -3.49. The van der Waals surface area contributed by atoms with Gasteiger partial charge in [-0.2, -0.15) is 0 Å². The first-order chi connectivity index (χ1) is 16.9. The molecule has 178 valence electrons. The Bertz CT molecular complexity index is 1600. The molecule has 2 aromatic carbocycles. The fourth-order valence-corrected chi connectivity index (χ4v) is 6.06. The number of methoxy groups -OCH3 is 1. The second kappa shape index (κ2) is 8.94. The number of fused-ring (bicyclic) bond motifs is 2. The van der Waals surface area contributed by atoms with E-state index in [1.54, 1.807) is 36.1 Å². The molecule has 0 N–H and O–H groups in total. The number of aromatic nitrogens is 1. The molecule has 9 heteroatoms. The number of halogens is 1. The molecule has 0 unspecified atom stereocenters. The molecule has 0 radical (unpaired) electrons. The van der Waals surface area contributed by atoms with Crippen LogP contribution in [0.4, 0.5) is 5.69 Å². The number of hydrogen-bond acceptors (Lipinski definition) is 6. The number of hydrogen-bond donors (Lipinski definition) is 0. The number of nitrogens with zero attached hydrogens (tertiary/aromatic N) is 3. The van der Waals surface area contributed by atoms with Crippen molar-refractivity contribution in [1.82, 2.24) is 4.57 Å². The number of rotatable bonds is 4. The Morgan fingerprint density at radius 3 is 2.57 bits per heavy atom. The van der Waals surface area contributed by atoms with Gasteiger partial charge in [0, 0.05) is 17.1 Å². The molecule has 3 aromatic rings. The molecule has 7 nitrogen and oxygen atoms in total. The third-order valence-corrected chi connectivity index (χ3v) is 7.60. The second-order valence-corrected chi connectivity index (χ2v) is 9.65. The maximum absolute atomic E-state index is 14.0. The highest BCUT2D eigenvalue weighted by molar-refractivity contribution is 7.07. The predicted molar refractivity (Wildman–Crippen MR) is 135 cm³/mol. The summed E-state index contributed by atoms with van der Waals surface area (Å²) in [6.07, 6.45) is 0.781. The summed E-state index contributed by atoms with van der Waals surface area (Å²) >= 11 is 7.68. The number of ether oxygens (including phenoxy) is 1. The molecule has 0 saturated heterocycles. The van der Waals surface area contributed by atoms with Crippen LogP contribution >= 0.6 is 22.9 Å². The number of carbonyl (C=O) groups is 2. The van der Waals surface area contributed by atoms with E-state index in [2.05, 4.69) is 4.99 Å². The van der Waals surface area contributed by atoms with Crippen LogP contribution in [0.5, 0.6) is 0 Å². The summed E-state index contributed by atoms with van der Waals surface area (Å²) in [6, 6.07) is 13.7. The summed E-state index contributed by atoms with van der Waals surface area (Å²) in [6.45, 7) is 4.25. The highest BCUT2D eigenvalue weighted by Gasteiger charge is 2.37. The van der Waals surface area contributed by atoms with Crippen LogP contribution in [0.3, 0.4) is 0 Å². The summed E-state index contributed by atoms with van der Waals surface area (Å²) < 4.78 is 6.78. The highest BCUT2D eigenvalue weighted by atomic mass is 35.5. The lowest BCUT2D eigenvalue weighted by Gasteiger charge is -2.25. The molecule has 5 rings (SSSR count). The molecule has 0 saturated carbocycles. The van der Waals surface area contributed by atoms with Gasteiger partial charge in [0.1, 0.15) is 10.6 Å². The number of esters is 1. The molecule has 1 atom stereocenters. The molecular weight excluding hydrogens is 486 g/mol. The van der Waals surface area contributed by atoms with Gasteiger partial charge in [0.25, 0.3) is 11.5 Å². The van der Waals surface area contributed by atoms with Crippen LogP contribution in [0, 0.1) is 0 Å². The zero-order chi connectivity index (χ0) is 24.9. The summed E-state index contributed by atoms with van der Waals surface area (Å²) in [5.74, 6) is -0.804. The summed E-state index contributed by atoms with van der Waals surface area (Å²) in [5, 5.41) is 0.406. The van der Waals surface area contributed by atoms with E-state index < -0.39 is 17.6 Å². The molecule has 3 heterocycles. The van der Waals surface area contributed by atoms with Crippen LogP contribution in [0.25, 0.3) is 5.57 Å². The van der Waals surface area contributed by atoms with Gasteiger partial charge in [-0.05, 0) is 31.0 Å². The van der Waals surface area contributed by atoms with E-state index in [9.17, 15) is 14.4 Å². The van der Waals surface area contributed by atoms with Gasteiger partial charge < -0.3 is 9.64 Å². The summed E-state index contributed by atoms with van der Waals surface area (Å²) in [5.41, 5.74) is 2.71. The Kier molecular flexibility index (Phi) is 5.94. The highest BCUT2D eigenvalue weighted by Crippen LogP contribution is 2.36. The van der Waals surface area contributed by atoms with Crippen molar-refractivity contribution in [3.05, 3.63) is 95.6 Å². The predicted octanol–water partition coefficient (Wildman–Crippen LogP) is 3.19. The van der Waals surface area contributed by atoms with E-state index in [4.69, 9.17) is 16.3 Å². The number of para-hydroxylation sites is 1. The van der Waals surface area contributed by atoms with Crippen LogP contribution < -0.4 is 19.8 Å². The first-order valence-corrected chi connectivity index (χ1v) is 12.4. The Labute approximate surface area is 210 Å². The van der Waals surface area contributed by atoms with E-state index in [1.807, 2.05) is 31.2 Å². The first kappa shape index (κ1) is 23.3. The van der Waals surface area contributed by atoms with Crippen LogP contribution in [0.1, 0.15) is 37.4 Å². The average Bonchev–Trinajstić information content (AvgIpc) is 3.31. The van der Waals surface area contributed by atoms with Crippen LogP contribution in [-0.4, -0.2) is 30.1 Å². The van der Waals surface area contributed by atoms with Gasteiger partial charge >= 0.3 is 5.97 Å². The number of anilines is 1. The minimum Gasteiger partial charge on any atom is -0.466 e. The Morgan fingerprint density at radius 1 is 1.14 bits per heavy atom.